The average Bonchev–Trinajstić information content (AvgIpc) is 3.05. The molecule has 9 nitrogen and oxygen atoms in total. The van der Waals surface area contributed by atoms with Gasteiger partial charge in [0.2, 0.25) is 5.79 Å². The third-order valence-corrected chi connectivity index (χ3v) is 9.99. The molecule has 3 heterocycles. The van der Waals surface area contributed by atoms with Gasteiger partial charge in [-0.3, -0.25) is 14.4 Å². The first-order valence-electron chi connectivity index (χ1n) is 16.5. The zero-order valence-electron chi connectivity index (χ0n) is 27.0. The van der Waals surface area contributed by atoms with E-state index in [1.807, 2.05) is 49.4 Å². The quantitative estimate of drug-likeness (QED) is 0.288. The fourth-order valence-corrected chi connectivity index (χ4v) is 6.75. The lowest BCUT2D eigenvalue weighted by Gasteiger charge is -2.44. The Kier molecular flexibility index (Phi) is 11.9. The van der Waals surface area contributed by atoms with E-state index >= 15 is 0 Å². The Morgan fingerprint density at radius 3 is 2.44 bits per heavy atom. The number of Topliss-reactive ketones (excluding diaryl/α,β-unsaturated/α-hetero) is 1. The van der Waals surface area contributed by atoms with E-state index in [4.69, 9.17) is 9.47 Å². The van der Waals surface area contributed by atoms with Gasteiger partial charge in [0.05, 0.1) is 12.2 Å². The first kappa shape index (κ1) is 34.7. The van der Waals surface area contributed by atoms with Crippen LogP contribution in [-0.2, 0) is 35.1 Å². The predicted molar refractivity (Wildman–Crippen MR) is 169 cm³/mol. The second-order valence-electron chi connectivity index (χ2n) is 13.0. The molecular weight excluding hydrogens is 574 g/mol. The summed E-state index contributed by atoms with van der Waals surface area (Å²) in [6.07, 6.45) is 8.62. The van der Waals surface area contributed by atoms with Gasteiger partial charge in [-0.15, -0.1) is 0 Å². The minimum atomic E-state index is -2.43. The molecule has 0 aliphatic carbocycles. The van der Waals surface area contributed by atoms with Crippen molar-refractivity contribution in [2.75, 3.05) is 6.54 Å². The van der Waals surface area contributed by atoms with E-state index < -0.39 is 65.6 Å². The van der Waals surface area contributed by atoms with Crippen molar-refractivity contribution < 1.29 is 38.9 Å². The molecule has 9 heteroatoms. The minimum Gasteiger partial charge on any atom is -0.456 e. The van der Waals surface area contributed by atoms with Crippen LogP contribution in [0, 0.1) is 23.7 Å². The fourth-order valence-electron chi connectivity index (χ4n) is 6.75. The third kappa shape index (κ3) is 7.99. The van der Waals surface area contributed by atoms with Gasteiger partial charge in [-0.05, 0) is 69.1 Å². The first-order valence-corrected chi connectivity index (χ1v) is 16.5. The number of hydrogen-bond donors (Lipinski definition) is 2. The largest absolute Gasteiger partial charge is 0.456 e. The highest BCUT2D eigenvalue weighted by atomic mass is 16.6. The maximum Gasteiger partial charge on any atom is 0.329 e. The molecule has 2 saturated heterocycles. The summed E-state index contributed by atoms with van der Waals surface area (Å²) in [6, 6.07) is 8.96. The number of fused-ring (bicyclic) bond motifs is 3. The molecule has 1 amide bonds. The standard InChI is InChI=1S/C36H49NO8/c1-5-27(22-26-14-8-6-9-15-26)31-18-11-7-10-17-29(38)24(3)32(39)25(4)30-20-19-23(2)36(43,45-30)33(40)34(41)37-21-13-12-16-28(37)35(42)44-31/h6,8-11,14-15,17-18,23-25,27-28,30-32,39,43H,5,7,12-13,16,19-22H2,1-4H3/b17-10-,18-11-/t23-,24-,25+,27-,28+,30+,31+,32+,36-/m1/s1. The Hall–Kier alpha value is -3.14. The number of aliphatic hydroxyl groups is 2. The van der Waals surface area contributed by atoms with Crippen LogP contribution in [0.3, 0.4) is 0 Å². The van der Waals surface area contributed by atoms with Crippen LogP contribution >= 0.6 is 0 Å². The van der Waals surface area contributed by atoms with Gasteiger partial charge in [0, 0.05) is 30.2 Å². The van der Waals surface area contributed by atoms with Gasteiger partial charge < -0.3 is 24.6 Å². The molecule has 9 atom stereocenters. The lowest BCUT2D eigenvalue weighted by Crippen LogP contribution is -2.61. The van der Waals surface area contributed by atoms with Crippen molar-refractivity contribution >= 4 is 23.4 Å². The second kappa shape index (κ2) is 15.4. The predicted octanol–water partition coefficient (Wildman–Crippen LogP) is 4.34. The van der Waals surface area contributed by atoms with Gasteiger partial charge in [0.1, 0.15) is 12.1 Å². The number of benzene rings is 1. The van der Waals surface area contributed by atoms with E-state index in [0.29, 0.717) is 51.4 Å². The van der Waals surface area contributed by atoms with Crippen LogP contribution in [0.15, 0.2) is 54.6 Å². The molecule has 2 N–H and O–H groups in total. The van der Waals surface area contributed by atoms with E-state index in [-0.39, 0.29) is 18.2 Å². The van der Waals surface area contributed by atoms with Crippen molar-refractivity contribution in [3.63, 3.8) is 0 Å². The molecule has 2 bridgehead atoms. The van der Waals surface area contributed by atoms with Gasteiger partial charge in [-0.25, -0.2) is 4.79 Å². The normalized spacial score (nSPS) is 36.1. The summed E-state index contributed by atoms with van der Waals surface area (Å²) >= 11 is 0. The van der Waals surface area contributed by atoms with Crippen LogP contribution in [0.5, 0.6) is 0 Å². The minimum absolute atomic E-state index is 0.0625. The molecule has 0 radical (unpaired) electrons. The molecule has 0 unspecified atom stereocenters. The summed E-state index contributed by atoms with van der Waals surface area (Å²) in [7, 11) is 0. The van der Waals surface area contributed by atoms with Gasteiger partial charge in [-0.1, -0.05) is 70.2 Å². The summed E-state index contributed by atoms with van der Waals surface area (Å²) in [5.74, 6) is -7.50. The maximum absolute atomic E-state index is 13.8. The van der Waals surface area contributed by atoms with E-state index in [9.17, 15) is 29.4 Å². The maximum atomic E-state index is 13.8. The zero-order chi connectivity index (χ0) is 32.7. The molecule has 0 saturated carbocycles. The van der Waals surface area contributed by atoms with Gasteiger partial charge in [-0.2, -0.15) is 0 Å². The first-order chi connectivity index (χ1) is 21.5. The summed E-state index contributed by atoms with van der Waals surface area (Å²) in [5, 5.41) is 22.7. The number of carbonyl (C=O) groups excluding carboxylic acids is 4. The third-order valence-electron chi connectivity index (χ3n) is 9.99. The van der Waals surface area contributed by atoms with Crippen LogP contribution in [0.25, 0.3) is 0 Å². The summed E-state index contributed by atoms with van der Waals surface area (Å²) in [5.41, 5.74) is 1.10. The number of piperidine rings is 1. The summed E-state index contributed by atoms with van der Waals surface area (Å²) in [6.45, 7) is 7.21. The summed E-state index contributed by atoms with van der Waals surface area (Å²) < 4.78 is 12.1. The van der Waals surface area contributed by atoms with Crippen LogP contribution in [0.4, 0.5) is 0 Å². The lowest BCUT2D eigenvalue weighted by atomic mass is 9.80. The van der Waals surface area contributed by atoms with Crippen LogP contribution < -0.4 is 0 Å². The van der Waals surface area contributed by atoms with Crippen LogP contribution in [0.1, 0.15) is 78.2 Å². The van der Waals surface area contributed by atoms with Crippen molar-refractivity contribution in [1.82, 2.24) is 4.90 Å². The molecule has 3 aliphatic heterocycles. The highest BCUT2D eigenvalue weighted by molar-refractivity contribution is 6.39. The Bertz CT molecular complexity index is 1260. The number of ether oxygens (including phenoxy) is 2. The number of allylic oxidation sites excluding steroid dienone is 3. The van der Waals surface area contributed by atoms with Crippen molar-refractivity contribution in [3.05, 3.63) is 60.2 Å². The van der Waals surface area contributed by atoms with Gasteiger partial charge in [0.25, 0.3) is 11.7 Å². The molecule has 3 aliphatic rings. The monoisotopic (exact) mass is 623 g/mol. The van der Waals surface area contributed by atoms with Crippen LogP contribution in [0.2, 0.25) is 0 Å². The van der Waals surface area contributed by atoms with Crippen molar-refractivity contribution in [1.29, 1.82) is 0 Å². The zero-order valence-corrected chi connectivity index (χ0v) is 27.0. The van der Waals surface area contributed by atoms with Crippen LogP contribution in [-0.4, -0.2) is 75.2 Å². The SMILES string of the molecule is CC[C@H](Cc1ccccc1)[C@@H]1/C=C\C/C=C\C(=O)[C@@H](C)[C@H](O)[C@@H](C)[C@@H]2CC[C@@H](C)[C@@](O)(O2)C(=O)C(=O)N2CCCC[C@H]2C(=O)O1. The topological polar surface area (TPSA) is 130 Å². The number of ketones is 2. The van der Waals surface area contributed by atoms with Crippen molar-refractivity contribution in [2.45, 2.75) is 109 Å². The smallest absolute Gasteiger partial charge is 0.329 e. The van der Waals surface area contributed by atoms with Gasteiger partial charge >= 0.3 is 5.97 Å². The highest BCUT2D eigenvalue weighted by Gasteiger charge is 2.54. The van der Waals surface area contributed by atoms with Gasteiger partial charge in [0.15, 0.2) is 5.78 Å². The van der Waals surface area contributed by atoms with E-state index in [0.717, 1.165) is 5.56 Å². The molecule has 1 aromatic carbocycles. The number of rotatable bonds is 4. The Morgan fingerprint density at radius 1 is 1.00 bits per heavy atom. The number of amides is 1. The molecule has 45 heavy (non-hydrogen) atoms. The molecule has 0 spiro atoms. The van der Waals surface area contributed by atoms with E-state index in [1.54, 1.807) is 26.8 Å². The van der Waals surface area contributed by atoms with E-state index in [1.165, 1.54) is 11.0 Å². The highest BCUT2D eigenvalue weighted by Crippen LogP contribution is 2.38. The lowest BCUT2D eigenvalue weighted by molar-refractivity contribution is -0.274. The molecule has 246 valence electrons. The molecular formula is C36H49NO8. The fraction of sp³-hybridized carbons (Fsp3) is 0.611. The number of carbonyl (C=O) groups is 4. The molecule has 0 aromatic heterocycles. The number of aliphatic hydroxyl groups excluding tert-OH is 1. The van der Waals surface area contributed by atoms with Crippen molar-refractivity contribution in [2.24, 2.45) is 23.7 Å². The number of esters is 1. The Morgan fingerprint density at radius 2 is 1.73 bits per heavy atom. The Labute approximate surface area is 266 Å². The molecule has 2 fully saturated rings. The number of hydrogen-bond acceptors (Lipinski definition) is 8. The number of nitrogens with zero attached hydrogens (tertiary/aromatic N) is 1. The molecule has 4 rings (SSSR count). The van der Waals surface area contributed by atoms with Crippen molar-refractivity contribution in [3.8, 4) is 0 Å². The molecule has 1 aromatic rings. The average molecular weight is 624 g/mol. The number of cyclic esters (lactones) is 1. The summed E-state index contributed by atoms with van der Waals surface area (Å²) in [4.78, 5) is 55.5. The van der Waals surface area contributed by atoms with E-state index in [2.05, 4.69) is 0 Å². The Balaban J connectivity index is 1.69. The second-order valence-corrected chi connectivity index (χ2v) is 13.0.